The van der Waals surface area contributed by atoms with E-state index in [1.165, 1.54) is 25.6 Å². The normalized spacial score (nSPS) is 22.7. The fraction of sp³-hybridized carbons (Fsp3) is 0.391. The molecule has 0 amide bonds. The SMILES string of the molecule is CCOC(=O)c1csc(C2(C)NC(C)=C(C(=O)OC)C(c3ccccc3)C2C(=O)OC)n1. The highest BCUT2D eigenvalue weighted by atomic mass is 32.1. The van der Waals surface area contributed by atoms with Crippen LogP contribution in [0.3, 0.4) is 0 Å². The smallest absolute Gasteiger partial charge is 0.357 e. The summed E-state index contributed by atoms with van der Waals surface area (Å²) >= 11 is 1.23. The second kappa shape index (κ2) is 9.52. The third kappa shape index (κ3) is 4.12. The van der Waals surface area contributed by atoms with Crippen LogP contribution in [0.25, 0.3) is 0 Å². The van der Waals surface area contributed by atoms with Crippen LogP contribution in [0.5, 0.6) is 0 Å². The van der Waals surface area contributed by atoms with Crippen molar-refractivity contribution >= 4 is 29.2 Å². The van der Waals surface area contributed by atoms with Gasteiger partial charge in [0.1, 0.15) is 10.5 Å². The predicted octanol–water partition coefficient (Wildman–Crippen LogP) is 3.16. The van der Waals surface area contributed by atoms with Gasteiger partial charge in [-0.3, -0.25) is 4.79 Å². The van der Waals surface area contributed by atoms with Gasteiger partial charge in [0.2, 0.25) is 0 Å². The van der Waals surface area contributed by atoms with Crippen LogP contribution in [0, 0.1) is 5.92 Å². The van der Waals surface area contributed by atoms with Crippen LogP contribution in [-0.4, -0.2) is 43.7 Å². The van der Waals surface area contributed by atoms with E-state index in [1.54, 1.807) is 19.2 Å². The van der Waals surface area contributed by atoms with Crippen molar-refractivity contribution in [3.8, 4) is 0 Å². The Bertz CT molecular complexity index is 1050. The molecular weight excluding hydrogens is 432 g/mol. The highest BCUT2D eigenvalue weighted by molar-refractivity contribution is 7.10. The summed E-state index contributed by atoms with van der Waals surface area (Å²) in [6.45, 7) is 5.52. The summed E-state index contributed by atoms with van der Waals surface area (Å²) < 4.78 is 15.3. The molecule has 2 aromatic rings. The first-order valence-corrected chi connectivity index (χ1v) is 11.0. The molecule has 0 radical (unpaired) electrons. The summed E-state index contributed by atoms with van der Waals surface area (Å²) in [7, 11) is 2.61. The molecule has 32 heavy (non-hydrogen) atoms. The van der Waals surface area contributed by atoms with Gasteiger partial charge in [-0.2, -0.15) is 0 Å². The lowest BCUT2D eigenvalue weighted by Gasteiger charge is -2.45. The zero-order valence-electron chi connectivity index (χ0n) is 18.6. The van der Waals surface area contributed by atoms with Crippen LogP contribution < -0.4 is 5.32 Å². The van der Waals surface area contributed by atoms with E-state index in [4.69, 9.17) is 14.2 Å². The average molecular weight is 459 g/mol. The van der Waals surface area contributed by atoms with Gasteiger partial charge in [-0.15, -0.1) is 11.3 Å². The van der Waals surface area contributed by atoms with Crippen molar-refractivity contribution in [2.45, 2.75) is 32.2 Å². The molecular formula is C23H26N2O6S. The Morgan fingerprint density at radius 2 is 1.81 bits per heavy atom. The lowest BCUT2D eigenvalue weighted by Crippen LogP contribution is -2.55. The standard InChI is InChI=1S/C23H26N2O6S/c1-6-31-19(26)15-12-32-22(24-15)23(3)18(21(28)30-5)17(14-10-8-7-9-11-14)16(13(2)25-23)20(27)29-4/h7-12,17-18,25H,6H2,1-5H3. The number of nitrogens with zero attached hydrogens (tertiary/aromatic N) is 1. The Kier molecular flexibility index (Phi) is 6.98. The van der Waals surface area contributed by atoms with Gasteiger partial charge >= 0.3 is 17.9 Å². The number of thiazole rings is 1. The molecule has 1 N–H and O–H groups in total. The van der Waals surface area contributed by atoms with Crippen molar-refractivity contribution < 1.29 is 28.6 Å². The molecule has 3 rings (SSSR count). The maximum absolute atomic E-state index is 13.2. The Morgan fingerprint density at radius 3 is 2.41 bits per heavy atom. The number of carbonyl (C=O) groups excluding carboxylic acids is 3. The third-order valence-corrected chi connectivity index (χ3v) is 6.65. The van der Waals surface area contributed by atoms with Gasteiger partial charge in [-0.1, -0.05) is 30.3 Å². The highest BCUT2D eigenvalue weighted by Gasteiger charge is 2.54. The molecule has 3 atom stereocenters. The van der Waals surface area contributed by atoms with Crippen molar-refractivity contribution in [3.63, 3.8) is 0 Å². The Hall–Kier alpha value is -3.20. The fourth-order valence-corrected chi connectivity index (χ4v) is 5.12. The number of methoxy groups -OCH3 is 2. The minimum atomic E-state index is -1.06. The largest absolute Gasteiger partial charge is 0.469 e. The Labute approximate surface area is 190 Å². The number of allylic oxidation sites excluding steroid dienone is 1. The van der Waals surface area contributed by atoms with Gasteiger partial charge < -0.3 is 19.5 Å². The maximum Gasteiger partial charge on any atom is 0.357 e. The van der Waals surface area contributed by atoms with Gasteiger partial charge in [0.15, 0.2) is 5.69 Å². The fourth-order valence-electron chi connectivity index (χ4n) is 4.17. The monoisotopic (exact) mass is 458 g/mol. The van der Waals surface area contributed by atoms with Crippen molar-refractivity contribution in [1.29, 1.82) is 0 Å². The van der Waals surface area contributed by atoms with Crippen LogP contribution in [0.2, 0.25) is 0 Å². The minimum absolute atomic E-state index is 0.162. The number of hydrogen-bond acceptors (Lipinski definition) is 9. The van der Waals surface area contributed by atoms with Crippen LogP contribution >= 0.6 is 11.3 Å². The Balaban J connectivity index is 2.23. The summed E-state index contributed by atoms with van der Waals surface area (Å²) in [6.07, 6.45) is 0. The van der Waals surface area contributed by atoms with Crippen molar-refractivity contribution in [2.75, 3.05) is 20.8 Å². The third-order valence-electron chi connectivity index (χ3n) is 5.57. The van der Waals surface area contributed by atoms with Crippen LogP contribution in [0.1, 0.15) is 47.7 Å². The number of benzene rings is 1. The second-order valence-electron chi connectivity index (χ2n) is 7.51. The average Bonchev–Trinajstić information content (AvgIpc) is 3.30. The molecule has 1 aliphatic rings. The molecule has 1 aliphatic heterocycles. The lowest BCUT2D eigenvalue weighted by molar-refractivity contribution is -0.150. The maximum atomic E-state index is 13.2. The first kappa shape index (κ1) is 23.5. The first-order valence-electron chi connectivity index (χ1n) is 10.1. The molecule has 0 saturated carbocycles. The van der Waals surface area contributed by atoms with E-state index in [9.17, 15) is 14.4 Å². The summed E-state index contributed by atoms with van der Waals surface area (Å²) in [6, 6.07) is 9.26. The van der Waals surface area contributed by atoms with Gasteiger partial charge in [0, 0.05) is 17.0 Å². The van der Waals surface area contributed by atoms with Crippen LogP contribution in [-0.2, 0) is 29.3 Å². The van der Waals surface area contributed by atoms with Crippen LogP contribution in [0.15, 0.2) is 47.0 Å². The number of carbonyl (C=O) groups is 3. The summed E-state index contributed by atoms with van der Waals surface area (Å²) in [5.41, 5.74) is 0.757. The molecule has 0 spiro atoms. The van der Waals surface area contributed by atoms with E-state index < -0.39 is 35.3 Å². The molecule has 170 valence electrons. The number of hydrogen-bond donors (Lipinski definition) is 1. The summed E-state index contributed by atoms with van der Waals surface area (Å²) in [5.74, 6) is -3.11. The van der Waals surface area contributed by atoms with Gasteiger partial charge in [-0.25, -0.2) is 14.6 Å². The van der Waals surface area contributed by atoms with E-state index in [0.717, 1.165) is 5.56 Å². The molecule has 0 fully saturated rings. The van der Waals surface area contributed by atoms with E-state index in [2.05, 4.69) is 10.3 Å². The Morgan fingerprint density at radius 1 is 1.12 bits per heavy atom. The molecule has 8 nitrogen and oxygen atoms in total. The lowest BCUT2D eigenvalue weighted by atomic mass is 9.67. The van der Waals surface area contributed by atoms with E-state index in [0.29, 0.717) is 16.3 Å². The molecule has 3 unspecified atom stereocenters. The molecule has 0 aliphatic carbocycles. The van der Waals surface area contributed by atoms with E-state index in [-0.39, 0.29) is 12.3 Å². The van der Waals surface area contributed by atoms with Crippen molar-refractivity contribution in [3.05, 3.63) is 63.2 Å². The summed E-state index contributed by atoms with van der Waals surface area (Å²) in [4.78, 5) is 42.6. The number of rotatable bonds is 6. The number of aromatic nitrogens is 1. The number of ether oxygens (including phenoxy) is 3. The number of nitrogens with one attached hydrogen (secondary N) is 1. The highest BCUT2D eigenvalue weighted by Crippen LogP contribution is 2.49. The molecule has 1 aromatic heterocycles. The molecule has 0 bridgehead atoms. The quantitative estimate of drug-likeness (QED) is 0.520. The number of esters is 3. The van der Waals surface area contributed by atoms with Crippen LogP contribution in [0.4, 0.5) is 0 Å². The molecule has 2 heterocycles. The van der Waals surface area contributed by atoms with Gasteiger partial charge in [0.05, 0.1) is 32.3 Å². The molecule has 0 saturated heterocycles. The molecule has 9 heteroatoms. The summed E-state index contributed by atoms with van der Waals surface area (Å²) in [5, 5.41) is 5.40. The van der Waals surface area contributed by atoms with Crippen molar-refractivity contribution in [1.82, 2.24) is 10.3 Å². The minimum Gasteiger partial charge on any atom is -0.469 e. The second-order valence-corrected chi connectivity index (χ2v) is 8.36. The topological polar surface area (TPSA) is 104 Å². The van der Waals surface area contributed by atoms with Gasteiger partial charge in [-0.05, 0) is 26.3 Å². The van der Waals surface area contributed by atoms with E-state index in [1.807, 2.05) is 37.3 Å². The first-order chi connectivity index (χ1) is 15.3. The molecule has 1 aromatic carbocycles. The van der Waals surface area contributed by atoms with E-state index >= 15 is 0 Å². The zero-order valence-corrected chi connectivity index (χ0v) is 19.4. The predicted molar refractivity (Wildman–Crippen MR) is 118 cm³/mol. The van der Waals surface area contributed by atoms with Gasteiger partial charge in [0.25, 0.3) is 0 Å². The van der Waals surface area contributed by atoms with Crippen molar-refractivity contribution in [2.24, 2.45) is 5.92 Å². The zero-order chi connectivity index (χ0) is 23.5.